The van der Waals surface area contributed by atoms with Crippen molar-refractivity contribution in [2.45, 2.75) is 6.92 Å². The lowest BCUT2D eigenvalue weighted by atomic mass is 10.1. The summed E-state index contributed by atoms with van der Waals surface area (Å²) in [6.45, 7) is 1.58. The molecule has 0 amide bonds. The molecule has 0 fully saturated rings. The van der Waals surface area contributed by atoms with E-state index in [9.17, 15) is 18.0 Å². The van der Waals surface area contributed by atoms with Crippen LogP contribution in [0.3, 0.4) is 0 Å². The predicted molar refractivity (Wildman–Crippen MR) is 105 cm³/mol. The summed E-state index contributed by atoms with van der Waals surface area (Å²) >= 11 is 0. The Kier molecular flexibility index (Phi) is 6.52. The molecule has 0 aliphatic heterocycles. The van der Waals surface area contributed by atoms with Gasteiger partial charge >= 0.3 is 5.97 Å². The summed E-state index contributed by atoms with van der Waals surface area (Å²) < 4.78 is 29.1. The van der Waals surface area contributed by atoms with E-state index in [1.807, 2.05) is 31.2 Å². The smallest absolute Gasteiger partial charge is 0.331 e. The third-order valence-electron chi connectivity index (χ3n) is 3.89. The number of benzene rings is 2. The second-order valence-corrected chi connectivity index (χ2v) is 8.07. The summed E-state index contributed by atoms with van der Waals surface area (Å²) in [6, 6.07) is 13.6. The minimum Gasteiger partial charge on any atom is -0.454 e. The van der Waals surface area contributed by atoms with E-state index in [4.69, 9.17) is 4.74 Å². The van der Waals surface area contributed by atoms with Crippen LogP contribution in [0.5, 0.6) is 0 Å². The summed E-state index contributed by atoms with van der Waals surface area (Å²) in [5.74, 6) is -0.988. The Balaban J connectivity index is 1.91. The van der Waals surface area contributed by atoms with Crippen LogP contribution in [0.2, 0.25) is 0 Å². The molecule has 0 radical (unpaired) electrons. The van der Waals surface area contributed by atoms with Crippen molar-refractivity contribution < 1.29 is 22.7 Å². The van der Waals surface area contributed by atoms with Gasteiger partial charge in [-0.3, -0.25) is 9.10 Å². The predicted octanol–water partition coefficient (Wildman–Crippen LogP) is 2.83. The third kappa shape index (κ3) is 6.07. The average Bonchev–Trinajstić information content (AvgIpc) is 2.64. The van der Waals surface area contributed by atoms with Crippen LogP contribution < -0.4 is 4.31 Å². The number of ketones is 1. The molecule has 0 aliphatic carbocycles. The Morgan fingerprint density at radius 2 is 1.63 bits per heavy atom. The third-order valence-corrected chi connectivity index (χ3v) is 5.09. The minimum absolute atomic E-state index is 0.330. The van der Waals surface area contributed by atoms with Crippen molar-refractivity contribution >= 4 is 33.5 Å². The number of carbonyl (C=O) groups is 2. The van der Waals surface area contributed by atoms with Crippen molar-refractivity contribution in [3.05, 3.63) is 71.3 Å². The first-order valence-electron chi connectivity index (χ1n) is 8.15. The number of anilines is 1. The highest BCUT2D eigenvalue weighted by atomic mass is 32.2. The lowest BCUT2D eigenvalue weighted by Gasteiger charge is -2.16. The number of hydrogen-bond donors (Lipinski definition) is 0. The highest BCUT2D eigenvalue weighted by Crippen LogP contribution is 2.16. The molecule has 2 aromatic carbocycles. The zero-order valence-corrected chi connectivity index (χ0v) is 16.2. The van der Waals surface area contributed by atoms with Crippen molar-refractivity contribution in [3.8, 4) is 0 Å². The van der Waals surface area contributed by atoms with Crippen LogP contribution in [0.15, 0.2) is 54.6 Å². The molecular weight excluding hydrogens is 366 g/mol. The summed E-state index contributed by atoms with van der Waals surface area (Å²) in [5, 5.41) is 0. The van der Waals surface area contributed by atoms with Gasteiger partial charge in [0.1, 0.15) is 0 Å². The van der Waals surface area contributed by atoms with E-state index in [1.165, 1.54) is 37.4 Å². The molecule has 142 valence electrons. The van der Waals surface area contributed by atoms with Gasteiger partial charge in [-0.2, -0.15) is 0 Å². The second kappa shape index (κ2) is 8.64. The first-order valence-corrected chi connectivity index (χ1v) is 10.0. The number of Topliss-reactive ketones (excluding diaryl/α,β-unsaturated/α-hetero) is 1. The lowest BCUT2D eigenvalue weighted by molar-refractivity contribution is -0.136. The quantitative estimate of drug-likeness (QED) is 0.415. The topological polar surface area (TPSA) is 80.8 Å². The number of aryl methyl sites for hydroxylation is 1. The van der Waals surface area contributed by atoms with Gasteiger partial charge < -0.3 is 4.74 Å². The zero-order valence-electron chi connectivity index (χ0n) is 15.4. The minimum atomic E-state index is -3.37. The Labute approximate surface area is 159 Å². The molecule has 0 N–H and O–H groups in total. The van der Waals surface area contributed by atoms with Crippen LogP contribution in [0, 0.1) is 6.92 Å². The molecule has 2 rings (SSSR count). The summed E-state index contributed by atoms with van der Waals surface area (Å²) in [7, 11) is -1.95. The number of ether oxygens (including phenoxy) is 1. The molecule has 7 heteroatoms. The van der Waals surface area contributed by atoms with Crippen LogP contribution in [-0.4, -0.2) is 40.1 Å². The molecule has 0 spiro atoms. The molecule has 27 heavy (non-hydrogen) atoms. The highest BCUT2D eigenvalue weighted by Gasteiger charge is 2.13. The molecule has 0 atom stereocenters. The number of rotatable bonds is 7. The standard InChI is InChI=1S/C20H21NO5S/c1-15-4-6-16(7-5-15)8-13-20(23)26-14-19(22)17-9-11-18(12-10-17)21(2)27(3,24)25/h4-13H,14H2,1-3H3/b13-8+. The molecule has 0 saturated carbocycles. The molecule has 0 aromatic heterocycles. The number of carbonyl (C=O) groups excluding carboxylic acids is 2. The van der Waals surface area contributed by atoms with Gasteiger partial charge in [0, 0.05) is 18.7 Å². The first-order chi connectivity index (χ1) is 12.7. The SMILES string of the molecule is Cc1ccc(/C=C/C(=O)OCC(=O)c2ccc(N(C)S(C)(=O)=O)cc2)cc1. The Bertz CT molecular complexity index is 945. The maximum absolute atomic E-state index is 12.1. The van der Waals surface area contributed by atoms with E-state index >= 15 is 0 Å². The first kappa shape index (κ1) is 20.4. The number of hydrogen-bond acceptors (Lipinski definition) is 5. The van der Waals surface area contributed by atoms with Crippen molar-refractivity contribution in [2.75, 3.05) is 24.2 Å². The Hall–Kier alpha value is -2.93. The van der Waals surface area contributed by atoms with Gasteiger partial charge in [0.05, 0.1) is 11.9 Å². The Morgan fingerprint density at radius 1 is 1.04 bits per heavy atom. The van der Waals surface area contributed by atoms with Crippen molar-refractivity contribution in [1.82, 2.24) is 0 Å². The molecule has 0 aliphatic rings. The van der Waals surface area contributed by atoms with E-state index in [-0.39, 0.29) is 5.78 Å². The summed E-state index contributed by atoms with van der Waals surface area (Å²) in [4.78, 5) is 23.8. The molecule has 0 unspecified atom stereocenters. The van der Waals surface area contributed by atoms with E-state index in [0.717, 1.165) is 21.7 Å². The largest absolute Gasteiger partial charge is 0.454 e. The van der Waals surface area contributed by atoms with Crippen LogP contribution in [0.1, 0.15) is 21.5 Å². The van der Waals surface area contributed by atoms with Gasteiger partial charge in [0.15, 0.2) is 12.4 Å². The van der Waals surface area contributed by atoms with Crippen LogP contribution in [0.4, 0.5) is 5.69 Å². The second-order valence-electron chi connectivity index (χ2n) is 6.05. The van der Waals surface area contributed by atoms with Gasteiger partial charge in [-0.15, -0.1) is 0 Å². The molecule has 2 aromatic rings. The molecule has 6 nitrogen and oxygen atoms in total. The fourth-order valence-electron chi connectivity index (χ4n) is 2.16. The van der Waals surface area contributed by atoms with Gasteiger partial charge in [0.2, 0.25) is 10.0 Å². The van der Waals surface area contributed by atoms with E-state index in [2.05, 4.69) is 0 Å². The van der Waals surface area contributed by atoms with Crippen molar-refractivity contribution in [1.29, 1.82) is 0 Å². The van der Waals surface area contributed by atoms with E-state index in [0.29, 0.717) is 11.3 Å². The summed E-state index contributed by atoms with van der Waals surface area (Å²) in [5.41, 5.74) is 2.74. The van der Waals surface area contributed by atoms with Gasteiger partial charge in [-0.1, -0.05) is 29.8 Å². The highest BCUT2D eigenvalue weighted by molar-refractivity contribution is 7.92. The lowest BCUT2D eigenvalue weighted by Crippen LogP contribution is -2.24. The van der Waals surface area contributed by atoms with E-state index < -0.39 is 22.6 Å². The Morgan fingerprint density at radius 3 is 2.19 bits per heavy atom. The van der Waals surface area contributed by atoms with E-state index in [1.54, 1.807) is 6.08 Å². The fraction of sp³-hybridized carbons (Fsp3) is 0.200. The number of esters is 1. The molecule has 0 saturated heterocycles. The maximum Gasteiger partial charge on any atom is 0.331 e. The number of sulfonamides is 1. The monoisotopic (exact) mass is 387 g/mol. The summed E-state index contributed by atoms with van der Waals surface area (Å²) in [6.07, 6.45) is 3.97. The van der Waals surface area contributed by atoms with Crippen molar-refractivity contribution in [2.24, 2.45) is 0 Å². The van der Waals surface area contributed by atoms with Gasteiger partial charge in [-0.25, -0.2) is 13.2 Å². The van der Waals surface area contributed by atoms with Crippen LogP contribution in [-0.2, 0) is 19.6 Å². The molecular formula is C20H21NO5S. The molecule has 0 heterocycles. The number of nitrogens with zero attached hydrogens (tertiary/aromatic N) is 1. The maximum atomic E-state index is 12.1. The van der Waals surface area contributed by atoms with Crippen molar-refractivity contribution in [3.63, 3.8) is 0 Å². The van der Waals surface area contributed by atoms with Gasteiger partial charge in [0.25, 0.3) is 0 Å². The van der Waals surface area contributed by atoms with Crippen LogP contribution in [0.25, 0.3) is 6.08 Å². The average molecular weight is 387 g/mol. The van der Waals surface area contributed by atoms with Gasteiger partial charge in [-0.05, 0) is 42.8 Å². The van der Waals surface area contributed by atoms with Crippen LogP contribution >= 0.6 is 0 Å². The zero-order chi connectivity index (χ0) is 20.0. The normalized spacial score (nSPS) is 11.4. The molecule has 0 bridgehead atoms. The fourth-order valence-corrected chi connectivity index (χ4v) is 2.66.